The van der Waals surface area contributed by atoms with E-state index in [1.54, 1.807) is 32.2 Å². The number of amides is 1. The minimum atomic E-state index is -0.234. The first-order valence-electron chi connectivity index (χ1n) is 9.26. The van der Waals surface area contributed by atoms with E-state index in [2.05, 4.69) is 20.7 Å². The molecule has 2 heterocycles. The molecule has 0 radical (unpaired) electrons. The molecule has 4 rings (SSSR count). The summed E-state index contributed by atoms with van der Waals surface area (Å²) >= 11 is 7.60. The normalized spacial score (nSPS) is 10.8. The number of methoxy groups -OCH3 is 1. The van der Waals surface area contributed by atoms with Gasteiger partial charge in [0.15, 0.2) is 16.8 Å². The number of hydrogen-bond acceptors (Lipinski definition) is 7. The van der Waals surface area contributed by atoms with Crippen molar-refractivity contribution in [2.24, 2.45) is 0 Å². The van der Waals surface area contributed by atoms with Gasteiger partial charge in [-0.15, -0.1) is 10.2 Å². The van der Waals surface area contributed by atoms with Crippen molar-refractivity contribution >= 4 is 35.1 Å². The molecule has 10 heteroatoms. The first kappa shape index (κ1) is 21.0. The summed E-state index contributed by atoms with van der Waals surface area (Å²) < 4.78 is 12.1. The molecule has 0 atom stereocenters. The van der Waals surface area contributed by atoms with E-state index in [1.165, 1.54) is 11.8 Å². The van der Waals surface area contributed by atoms with Crippen molar-refractivity contribution < 1.29 is 14.1 Å². The summed E-state index contributed by atoms with van der Waals surface area (Å²) in [7, 11) is 1.56. The van der Waals surface area contributed by atoms with E-state index in [4.69, 9.17) is 20.9 Å². The molecule has 0 aliphatic rings. The summed E-state index contributed by atoms with van der Waals surface area (Å²) in [6.07, 6.45) is 0. The average Bonchev–Trinajstić information content (AvgIpc) is 3.38. The van der Waals surface area contributed by atoms with Crippen LogP contribution < -0.4 is 10.1 Å². The number of thioether (sulfide) groups is 1. The van der Waals surface area contributed by atoms with Crippen LogP contribution in [0.4, 0.5) is 5.82 Å². The molecule has 2 aromatic heterocycles. The fourth-order valence-electron chi connectivity index (χ4n) is 2.90. The second kappa shape index (κ2) is 9.23. The second-order valence-corrected chi connectivity index (χ2v) is 7.84. The van der Waals surface area contributed by atoms with Crippen molar-refractivity contribution in [3.05, 3.63) is 65.4 Å². The number of aryl methyl sites for hydroxylation is 1. The highest BCUT2D eigenvalue weighted by Crippen LogP contribution is 2.32. The van der Waals surface area contributed by atoms with Crippen LogP contribution in [0.5, 0.6) is 5.75 Å². The van der Waals surface area contributed by atoms with E-state index in [0.717, 1.165) is 11.3 Å². The van der Waals surface area contributed by atoms with Gasteiger partial charge in [0.1, 0.15) is 11.5 Å². The summed E-state index contributed by atoms with van der Waals surface area (Å²) in [4.78, 5) is 12.3. The van der Waals surface area contributed by atoms with Gasteiger partial charge in [0.2, 0.25) is 5.91 Å². The van der Waals surface area contributed by atoms with Crippen LogP contribution in [0, 0.1) is 6.92 Å². The van der Waals surface area contributed by atoms with Gasteiger partial charge in [-0.1, -0.05) is 58.9 Å². The number of halogens is 1. The molecule has 2 aromatic carbocycles. The average molecular weight is 456 g/mol. The Labute approximate surface area is 187 Å². The zero-order chi connectivity index (χ0) is 21.8. The van der Waals surface area contributed by atoms with Crippen LogP contribution >= 0.6 is 23.4 Å². The molecule has 0 spiro atoms. The Balaban J connectivity index is 1.64. The molecule has 1 amide bonds. The maximum Gasteiger partial charge on any atom is 0.236 e. The lowest BCUT2D eigenvalue weighted by Gasteiger charge is -2.12. The minimum absolute atomic E-state index is 0.114. The smallest absolute Gasteiger partial charge is 0.236 e. The van der Waals surface area contributed by atoms with Crippen molar-refractivity contribution in [1.29, 1.82) is 0 Å². The van der Waals surface area contributed by atoms with Gasteiger partial charge in [0.25, 0.3) is 0 Å². The van der Waals surface area contributed by atoms with Gasteiger partial charge in [-0.05, 0) is 25.1 Å². The summed E-state index contributed by atoms with van der Waals surface area (Å²) in [5, 5.41) is 16.1. The van der Waals surface area contributed by atoms with Crippen molar-refractivity contribution in [2.45, 2.75) is 12.1 Å². The molecule has 8 nitrogen and oxygen atoms in total. The third-order valence-corrected chi connectivity index (χ3v) is 5.51. The summed E-state index contributed by atoms with van der Waals surface area (Å²) in [5.74, 6) is 2.07. The van der Waals surface area contributed by atoms with Crippen molar-refractivity contribution in [1.82, 2.24) is 19.9 Å². The molecule has 158 valence electrons. The number of nitrogens with zero attached hydrogens (tertiary/aromatic N) is 4. The van der Waals surface area contributed by atoms with E-state index < -0.39 is 0 Å². The van der Waals surface area contributed by atoms with Crippen LogP contribution in [0.3, 0.4) is 0 Å². The number of benzene rings is 2. The van der Waals surface area contributed by atoms with Gasteiger partial charge in [-0.25, -0.2) is 0 Å². The molecule has 0 bridgehead atoms. The number of anilines is 1. The Morgan fingerprint density at radius 2 is 2.00 bits per heavy atom. The van der Waals surface area contributed by atoms with E-state index in [-0.39, 0.29) is 11.7 Å². The van der Waals surface area contributed by atoms with Gasteiger partial charge < -0.3 is 14.6 Å². The van der Waals surface area contributed by atoms with Gasteiger partial charge in [-0.2, -0.15) is 0 Å². The maximum atomic E-state index is 12.3. The Morgan fingerprint density at radius 1 is 1.19 bits per heavy atom. The number of carbonyl (C=O) groups is 1. The third kappa shape index (κ3) is 4.73. The number of nitrogens with one attached hydrogen (secondary N) is 1. The zero-order valence-corrected chi connectivity index (χ0v) is 18.3. The summed E-state index contributed by atoms with van der Waals surface area (Å²) in [6, 6.07) is 16.7. The van der Waals surface area contributed by atoms with Crippen LogP contribution in [0.15, 0.2) is 64.3 Å². The summed E-state index contributed by atoms with van der Waals surface area (Å²) in [6.45, 7) is 1.75. The van der Waals surface area contributed by atoms with E-state index in [0.29, 0.717) is 33.3 Å². The van der Waals surface area contributed by atoms with Crippen LogP contribution in [0.1, 0.15) is 5.76 Å². The van der Waals surface area contributed by atoms with Crippen LogP contribution in [0.25, 0.3) is 17.1 Å². The molecule has 4 aromatic rings. The van der Waals surface area contributed by atoms with Crippen LogP contribution in [0.2, 0.25) is 5.02 Å². The van der Waals surface area contributed by atoms with E-state index in [1.807, 2.05) is 41.0 Å². The van der Waals surface area contributed by atoms with Crippen molar-refractivity contribution in [2.75, 3.05) is 18.2 Å². The predicted octanol–water partition coefficient (Wildman–Crippen LogP) is 4.62. The lowest BCUT2D eigenvalue weighted by Crippen LogP contribution is -2.14. The number of carbonyl (C=O) groups excluding carboxylic acids is 1. The Kier molecular flexibility index (Phi) is 6.24. The standard InChI is InChI=1S/C21H18ClN5O3S/c1-13-10-18(26-30-13)23-19(28)12-31-21-25-24-20(14-6-4-3-5-7-14)27(21)15-8-9-17(29-2)16(22)11-15/h3-11H,12H2,1-2H3,(H,23,26,28). The highest BCUT2D eigenvalue weighted by atomic mass is 35.5. The maximum absolute atomic E-state index is 12.3. The van der Waals surface area contributed by atoms with E-state index in [9.17, 15) is 4.79 Å². The largest absolute Gasteiger partial charge is 0.495 e. The minimum Gasteiger partial charge on any atom is -0.495 e. The molecule has 31 heavy (non-hydrogen) atoms. The molecule has 0 aliphatic carbocycles. The Hall–Kier alpha value is -3.30. The highest BCUT2D eigenvalue weighted by molar-refractivity contribution is 7.99. The SMILES string of the molecule is COc1ccc(-n2c(SCC(=O)Nc3cc(C)on3)nnc2-c2ccccc2)cc1Cl. The third-order valence-electron chi connectivity index (χ3n) is 4.29. The Bertz CT molecular complexity index is 1210. The topological polar surface area (TPSA) is 95.1 Å². The van der Waals surface area contributed by atoms with Gasteiger partial charge in [-0.3, -0.25) is 9.36 Å². The second-order valence-electron chi connectivity index (χ2n) is 6.49. The van der Waals surface area contributed by atoms with Gasteiger partial charge >= 0.3 is 0 Å². The van der Waals surface area contributed by atoms with Crippen molar-refractivity contribution in [3.8, 4) is 22.8 Å². The lowest BCUT2D eigenvalue weighted by molar-refractivity contribution is -0.113. The van der Waals surface area contributed by atoms with Crippen molar-refractivity contribution in [3.63, 3.8) is 0 Å². The fraction of sp³-hybridized carbons (Fsp3) is 0.143. The monoisotopic (exact) mass is 455 g/mol. The molecule has 0 unspecified atom stereocenters. The first-order chi connectivity index (χ1) is 15.0. The fourth-order valence-corrected chi connectivity index (χ4v) is 3.90. The predicted molar refractivity (Wildman–Crippen MR) is 119 cm³/mol. The molecule has 0 aliphatic heterocycles. The summed E-state index contributed by atoms with van der Waals surface area (Å²) in [5.41, 5.74) is 1.64. The van der Waals surface area contributed by atoms with Crippen LogP contribution in [-0.2, 0) is 4.79 Å². The molecular formula is C21H18ClN5O3S. The molecule has 1 N–H and O–H groups in total. The lowest BCUT2D eigenvalue weighted by atomic mass is 10.2. The van der Waals surface area contributed by atoms with Gasteiger partial charge in [0.05, 0.1) is 23.6 Å². The molecule has 0 saturated carbocycles. The Morgan fingerprint density at radius 3 is 2.68 bits per heavy atom. The number of hydrogen-bond donors (Lipinski definition) is 1. The number of aromatic nitrogens is 4. The zero-order valence-electron chi connectivity index (χ0n) is 16.7. The highest BCUT2D eigenvalue weighted by Gasteiger charge is 2.18. The quantitative estimate of drug-likeness (QED) is 0.406. The van der Waals surface area contributed by atoms with E-state index >= 15 is 0 Å². The van der Waals surface area contributed by atoms with Crippen LogP contribution in [-0.4, -0.2) is 38.7 Å². The van der Waals surface area contributed by atoms with Gasteiger partial charge in [0, 0.05) is 11.6 Å². The molecular weight excluding hydrogens is 438 g/mol. The first-order valence-corrected chi connectivity index (χ1v) is 10.6. The number of rotatable bonds is 7. The molecule has 0 fully saturated rings. The molecule has 0 saturated heterocycles. The number of ether oxygens (including phenoxy) is 1.